The summed E-state index contributed by atoms with van der Waals surface area (Å²) in [5.74, 6) is 0.718. The van der Waals surface area contributed by atoms with Crippen LogP contribution in [0.4, 0.5) is 5.82 Å². The first-order chi connectivity index (χ1) is 16.1. The minimum atomic E-state index is -0.508. The fraction of sp³-hybridized carbons (Fsp3) is 0.250. The zero-order valence-electron chi connectivity index (χ0n) is 18.2. The highest BCUT2D eigenvalue weighted by atomic mass is 16.5. The SMILES string of the molecule is Cc1cc(NC(=O)[C@H](c2ccccc2)N2CCN(C(=O)c3n[nH]c4ccccc34)CC2)no1. The number of carbonyl (C=O) groups excluding carboxylic acids is 2. The number of hydrogen-bond donors (Lipinski definition) is 2. The van der Waals surface area contributed by atoms with Gasteiger partial charge in [0.05, 0.1) is 5.52 Å². The maximum absolute atomic E-state index is 13.2. The van der Waals surface area contributed by atoms with E-state index in [4.69, 9.17) is 4.52 Å². The predicted octanol–water partition coefficient (Wildman–Crippen LogP) is 3.00. The molecule has 4 aromatic rings. The standard InChI is InChI=1S/C24H24N6O3/c1-16-15-20(28-33-16)25-23(31)22(17-7-3-2-4-8-17)29-11-13-30(14-12-29)24(32)21-18-9-5-6-10-19(18)26-27-21/h2-10,15,22H,11-14H2,1H3,(H,26,27)(H,25,28,31)/t22-/m0/s1. The van der Waals surface area contributed by atoms with Gasteiger partial charge in [0, 0.05) is 37.6 Å². The van der Waals surface area contributed by atoms with Gasteiger partial charge in [-0.25, -0.2) is 0 Å². The number of anilines is 1. The Hall–Kier alpha value is -3.98. The molecule has 9 nitrogen and oxygen atoms in total. The number of nitrogens with zero attached hydrogens (tertiary/aromatic N) is 4. The lowest BCUT2D eigenvalue weighted by Gasteiger charge is -2.38. The predicted molar refractivity (Wildman–Crippen MR) is 123 cm³/mol. The number of para-hydroxylation sites is 1. The van der Waals surface area contributed by atoms with Gasteiger partial charge < -0.3 is 14.7 Å². The number of hydrogen-bond acceptors (Lipinski definition) is 6. The Labute approximate surface area is 190 Å². The molecule has 0 radical (unpaired) electrons. The Bertz CT molecular complexity index is 1270. The summed E-state index contributed by atoms with van der Waals surface area (Å²) in [5.41, 5.74) is 2.15. The third-order valence-corrected chi connectivity index (χ3v) is 5.88. The molecule has 1 saturated heterocycles. The van der Waals surface area contributed by atoms with E-state index in [1.807, 2.05) is 54.6 Å². The third-order valence-electron chi connectivity index (χ3n) is 5.88. The first-order valence-corrected chi connectivity index (χ1v) is 10.9. The maximum Gasteiger partial charge on any atom is 0.275 e. The van der Waals surface area contributed by atoms with Crippen LogP contribution in [-0.4, -0.2) is 63.1 Å². The van der Waals surface area contributed by atoms with Crippen molar-refractivity contribution in [1.29, 1.82) is 0 Å². The van der Waals surface area contributed by atoms with Crippen LogP contribution in [0.1, 0.15) is 27.9 Å². The molecule has 33 heavy (non-hydrogen) atoms. The Kier molecular flexibility index (Phi) is 5.62. The van der Waals surface area contributed by atoms with Gasteiger partial charge in [-0.15, -0.1) is 0 Å². The molecule has 9 heteroatoms. The van der Waals surface area contributed by atoms with E-state index in [2.05, 4.69) is 25.6 Å². The zero-order valence-corrected chi connectivity index (χ0v) is 18.2. The van der Waals surface area contributed by atoms with Gasteiger partial charge in [0.2, 0.25) is 5.91 Å². The first kappa shape index (κ1) is 20.9. The van der Waals surface area contributed by atoms with Gasteiger partial charge in [0.1, 0.15) is 11.8 Å². The van der Waals surface area contributed by atoms with Gasteiger partial charge in [0.25, 0.3) is 5.91 Å². The Morgan fingerprint density at radius 2 is 1.76 bits per heavy atom. The molecule has 1 fully saturated rings. The number of piperazine rings is 1. The molecule has 1 aliphatic heterocycles. The second-order valence-corrected chi connectivity index (χ2v) is 8.07. The normalized spacial score (nSPS) is 15.5. The van der Waals surface area contributed by atoms with E-state index in [1.54, 1.807) is 17.9 Å². The van der Waals surface area contributed by atoms with Crippen molar-refractivity contribution < 1.29 is 14.1 Å². The van der Waals surface area contributed by atoms with Crippen LogP contribution in [0.25, 0.3) is 10.9 Å². The highest BCUT2D eigenvalue weighted by molar-refractivity contribution is 6.04. The van der Waals surface area contributed by atoms with Crippen LogP contribution in [-0.2, 0) is 4.79 Å². The molecule has 5 rings (SSSR count). The molecule has 0 unspecified atom stereocenters. The van der Waals surface area contributed by atoms with Crippen LogP contribution in [0.3, 0.4) is 0 Å². The van der Waals surface area contributed by atoms with Crippen molar-refractivity contribution in [2.45, 2.75) is 13.0 Å². The Morgan fingerprint density at radius 1 is 1.03 bits per heavy atom. The summed E-state index contributed by atoms with van der Waals surface area (Å²) >= 11 is 0. The van der Waals surface area contributed by atoms with Gasteiger partial charge in [0.15, 0.2) is 11.5 Å². The van der Waals surface area contributed by atoms with Crippen LogP contribution < -0.4 is 5.32 Å². The van der Waals surface area contributed by atoms with E-state index < -0.39 is 6.04 Å². The summed E-state index contributed by atoms with van der Waals surface area (Å²) in [6.45, 7) is 3.88. The zero-order chi connectivity index (χ0) is 22.8. The summed E-state index contributed by atoms with van der Waals surface area (Å²) in [4.78, 5) is 30.2. The number of nitrogens with one attached hydrogen (secondary N) is 2. The van der Waals surface area contributed by atoms with Crippen LogP contribution in [0, 0.1) is 6.92 Å². The van der Waals surface area contributed by atoms with E-state index in [-0.39, 0.29) is 11.8 Å². The largest absolute Gasteiger partial charge is 0.360 e. The van der Waals surface area contributed by atoms with E-state index >= 15 is 0 Å². The second kappa shape index (κ2) is 8.87. The molecule has 2 aromatic carbocycles. The molecular formula is C24H24N6O3. The van der Waals surface area contributed by atoms with E-state index in [0.717, 1.165) is 16.5 Å². The number of aromatic nitrogens is 3. The molecule has 168 valence electrons. The van der Waals surface area contributed by atoms with Crippen LogP contribution in [0.2, 0.25) is 0 Å². The molecule has 1 atom stereocenters. The smallest absolute Gasteiger partial charge is 0.275 e. The van der Waals surface area contributed by atoms with E-state index in [0.29, 0.717) is 43.5 Å². The van der Waals surface area contributed by atoms with Crippen molar-refractivity contribution >= 4 is 28.5 Å². The van der Waals surface area contributed by atoms with Crippen molar-refractivity contribution in [3.63, 3.8) is 0 Å². The average molecular weight is 444 g/mol. The molecule has 3 heterocycles. The van der Waals surface area contributed by atoms with Crippen molar-refractivity contribution in [2.24, 2.45) is 0 Å². The Morgan fingerprint density at radius 3 is 2.48 bits per heavy atom. The van der Waals surface area contributed by atoms with Gasteiger partial charge in [-0.05, 0) is 18.6 Å². The molecule has 0 spiro atoms. The first-order valence-electron chi connectivity index (χ1n) is 10.9. The number of aromatic amines is 1. The third kappa shape index (κ3) is 4.22. The lowest BCUT2D eigenvalue weighted by atomic mass is 10.0. The highest BCUT2D eigenvalue weighted by Gasteiger charge is 2.33. The van der Waals surface area contributed by atoms with Gasteiger partial charge in [-0.3, -0.25) is 19.6 Å². The summed E-state index contributed by atoms with van der Waals surface area (Å²) in [6.07, 6.45) is 0. The molecule has 2 aromatic heterocycles. The average Bonchev–Trinajstić information content (AvgIpc) is 3.46. The molecule has 2 amide bonds. The van der Waals surface area contributed by atoms with Gasteiger partial charge in [-0.1, -0.05) is 53.7 Å². The minimum absolute atomic E-state index is 0.106. The lowest BCUT2D eigenvalue weighted by molar-refractivity contribution is -0.122. The number of benzene rings is 2. The van der Waals surface area contributed by atoms with E-state index in [1.165, 1.54) is 0 Å². The second-order valence-electron chi connectivity index (χ2n) is 8.07. The summed E-state index contributed by atoms with van der Waals surface area (Å²) in [7, 11) is 0. The van der Waals surface area contributed by atoms with Crippen molar-refractivity contribution in [1.82, 2.24) is 25.2 Å². The number of rotatable bonds is 5. The lowest BCUT2D eigenvalue weighted by Crippen LogP contribution is -2.51. The fourth-order valence-corrected chi connectivity index (χ4v) is 4.24. The monoisotopic (exact) mass is 444 g/mol. The van der Waals surface area contributed by atoms with Gasteiger partial charge >= 0.3 is 0 Å². The summed E-state index contributed by atoms with van der Waals surface area (Å²) in [6, 6.07) is 18.4. The molecule has 2 N–H and O–H groups in total. The summed E-state index contributed by atoms with van der Waals surface area (Å²) in [5, 5.41) is 14.7. The van der Waals surface area contributed by atoms with Crippen LogP contribution >= 0.6 is 0 Å². The van der Waals surface area contributed by atoms with E-state index in [9.17, 15) is 9.59 Å². The molecule has 0 bridgehead atoms. The Balaban J connectivity index is 1.32. The molecule has 1 aliphatic rings. The molecular weight excluding hydrogens is 420 g/mol. The quantitative estimate of drug-likeness (QED) is 0.490. The van der Waals surface area contributed by atoms with Crippen molar-refractivity contribution in [3.8, 4) is 0 Å². The van der Waals surface area contributed by atoms with Crippen LogP contribution in [0.5, 0.6) is 0 Å². The number of carbonyl (C=O) groups is 2. The van der Waals surface area contributed by atoms with Gasteiger partial charge in [-0.2, -0.15) is 5.10 Å². The number of aryl methyl sites for hydroxylation is 1. The van der Waals surface area contributed by atoms with Crippen molar-refractivity contribution in [2.75, 3.05) is 31.5 Å². The minimum Gasteiger partial charge on any atom is -0.360 e. The molecule has 0 saturated carbocycles. The molecule has 0 aliphatic carbocycles. The topological polar surface area (TPSA) is 107 Å². The van der Waals surface area contributed by atoms with Crippen molar-refractivity contribution in [3.05, 3.63) is 77.7 Å². The summed E-state index contributed by atoms with van der Waals surface area (Å²) < 4.78 is 5.07. The fourth-order valence-electron chi connectivity index (χ4n) is 4.24. The number of amides is 2. The number of fused-ring (bicyclic) bond motifs is 1. The maximum atomic E-state index is 13.2. The highest BCUT2D eigenvalue weighted by Crippen LogP contribution is 2.25. The van der Waals surface area contributed by atoms with Crippen LogP contribution in [0.15, 0.2) is 65.2 Å². The number of H-pyrrole nitrogens is 1.